The molecule has 2 aliphatic rings. The van der Waals surface area contributed by atoms with E-state index in [1.165, 1.54) is 12.3 Å². The fourth-order valence-corrected chi connectivity index (χ4v) is 3.40. The molecule has 1 fully saturated rings. The van der Waals surface area contributed by atoms with Crippen LogP contribution in [0.2, 0.25) is 10.0 Å². The van der Waals surface area contributed by atoms with E-state index in [2.05, 4.69) is 22.5 Å². The van der Waals surface area contributed by atoms with E-state index in [-0.39, 0.29) is 35.3 Å². The summed E-state index contributed by atoms with van der Waals surface area (Å²) in [5.74, 6) is 0.00217. The maximum atomic E-state index is 12.0. The second-order valence-electron chi connectivity index (χ2n) is 5.53. The Kier molecular flexibility index (Phi) is 4.36. The molecule has 1 aromatic heterocycles. The van der Waals surface area contributed by atoms with E-state index >= 15 is 0 Å². The minimum absolute atomic E-state index is 0.125. The number of amides is 1. The smallest absolute Gasteiger partial charge is 0.310 e. The summed E-state index contributed by atoms with van der Waals surface area (Å²) in [7, 11) is 0. The van der Waals surface area contributed by atoms with Crippen molar-refractivity contribution in [3.63, 3.8) is 0 Å². The quantitative estimate of drug-likeness (QED) is 0.675. The van der Waals surface area contributed by atoms with Crippen LogP contribution in [0.3, 0.4) is 0 Å². The van der Waals surface area contributed by atoms with Crippen molar-refractivity contribution in [1.29, 1.82) is 0 Å². The monoisotopic (exact) mass is 340 g/mol. The van der Waals surface area contributed by atoms with Crippen molar-refractivity contribution in [2.24, 2.45) is 17.8 Å². The van der Waals surface area contributed by atoms with Crippen LogP contribution in [0, 0.1) is 17.8 Å². The number of halogens is 2. The molecular formula is C15H14Cl2N2O3. The number of carbonyl (C=O) groups is 2. The number of fused-ring (bicyclic) bond motifs is 2. The first-order chi connectivity index (χ1) is 10.5. The molecule has 0 saturated heterocycles. The van der Waals surface area contributed by atoms with Crippen LogP contribution in [-0.2, 0) is 14.3 Å². The highest BCUT2D eigenvalue weighted by molar-refractivity contribution is 6.36. The average Bonchev–Trinajstić information content (AvgIpc) is 3.10. The van der Waals surface area contributed by atoms with E-state index in [1.54, 1.807) is 0 Å². The molecule has 1 aromatic rings. The number of pyridine rings is 1. The second-order valence-corrected chi connectivity index (χ2v) is 6.37. The summed E-state index contributed by atoms with van der Waals surface area (Å²) in [5.41, 5.74) is 0. The molecular weight excluding hydrogens is 327 g/mol. The van der Waals surface area contributed by atoms with Crippen LogP contribution in [-0.4, -0.2) is 23.5 Å². The van der Waals surface area contributed by atoms with Gasteiger partial charge in [-0.05, 0) is 30.7 Å². The number of hydrogen-bond donors (Lipinski definition) is 1. The van der Waals surface area contributed by atoms with Gasteiger partial charge < -0.3 is 10.1 Å². The van der Waals surface area contributed by atoms with Crippen molar-refractivity contribution in [2.45, 2.75) is 12.8 Å². The molecule has 1 heterocycles. The number of carbonyl (C=O) groups excluding carboxylic acids is 2. The van der Waals surface area contributed by atoms with Gasteiger partial charge in [0, 0.05) is 6.20 Å². The van der Waals surface area contributed by atoms with Crippen LogP contribution in [0.1, 0.15) is 12.8 Å². The van der Waals surface area contributed by atoms with Crippen molar-refractivity contribution in [1.82, 2.24) is 4.98 Å². The summed E-state index contributed by atoms with van der Waals surface area (Å²) in [4.78, 5) is 27.7. The lowest BCUT2D eigenvalue weighted by Crippen LogP contribution is -2.27. The molecule has 1 saturated carbocycles. The van der Waals surface area contributed by atoms with Crippen molar-refractivity contribution in [2.75, 3.05) is 11.9 Å². The van der Waals surface area contributed by atoms with Gasteiger partial charge in [-0.2, -0.15) is 0 Å². The number of nitrogens with zero attached hydrogens (tertiary/aromatic N) is 1. The predicted molar refractivity (Wildman–Crippen MR) is 82.7 cm³/mol. The fraction of sp³-hybridized carbons (Fsp3) is 0.400. The molecule has 0 spiro atoms. The van der Waals surface area contributed by atoms with Crippen LogP contribution >= 0.6 is 23.2 Å². The third kappa shape index (κ3) is 3.25. The van der Waals surface area contributed by atoms with Crippen molar-refractivity contribution < 1.29 is 14.3 Å². The molecule has 5 nitrogen and oxygen atoms in total. The zero-order valence-corrected chi connectivity index (χ0v) is 13.1. The van der Waals surface area contributed by atoms with Crippen molar-refractivity contribution >= 4 is 40.9 Å². The molecule has 116 valence electrons. The van der Waals surface area contributed by atoms with Crippen molar-refractivity contribution in [3.8, 4) is 0 Å². The number of hydrogen-bond acceptors (Lipinski definition) is 4. The molecule has 2 bridgehead atoms. The summed E-state index contributed by atoms with van der Waals surface area (Å²) in [6.07, 6.45) is 7.41. The number of aromatic nitrogens is 1. The molecule has 0 unspecified atom stereocenters. The standard InChI is InChI=1S/C15H14Cl2N2O3/c16-10-5-12(17)14(18-6-10)19-13(20)7-22-15(21)11-4-8-1-2-9(11)3-8/h1-2,5-6,8-9,11H,3-4,7H2,(H,18,19,20)/t8-,9+,11+/m1/s1. The Morgan fingerprint density at radius 3 is 2.77 bits per heavy atom. The van der Waals surface area contributed by atoms with Gasteiger partial charge >= 0.3 is 5.97 Å². The molecule has 0 aliphatic heterocycles. The molecule has 1 N–H and O–H groups in total. The summed E-state index contributed by atoms with van der Waals surface area (Å²) < 4.78 is 5.09. The zero-order valence-electron chi connectivity index (χ0n) is 11.6. The number of nitrogens with one attached hydrogen (secondary N) is 1. The van der Waals surface area contributed by atoms with Crippen LogP contribution in [0.25, 0.3) is 0 Å². The Morgan fingerprint density at radius 2 is 2.14 bits per heavy atom. The first kappa shape index (κ1) is 15.3. The minimum atomic E-state index is -0.483. The highest BCUT2D eigenvalue weighted by Crippen LogP contribution is 2.43. The summed E-state index contributed by atoms with van der Waals surface area (Å²) in [5, 5.41) is 3.09. The maximum Gasteiger partial charge on any atom is 0.310 e. The first-order valence-corrected chi connectivity index (χ1v) is 7.74. The number of rotatable bonds is 4. The number of anilines is 1. The maximum absolute atomic E-state index is 12.0. The average molecular weight is 341 g/mol. The number of esters is 1. The zero-order chi connectivity index (χ0) is 15.7. The molecule has 22 heavy (non-hydrogen) atoms. The highest BCUT2D eigenvalue weighted by Gasteiger charge is 2.40. The van der Waals surface area contributed by atoms with Crippen LogP contribution < -0.4 is 5.32 Å². The SMILES string of the molecule is O=C(COC(=O)[C@H]1C[C@@H]2C=C[C@H]1C2)Nc1ncc(Cl)cc1Cl. The third-order valence-corrected chi connectivity index (χ3v) is 4.49. The Balaban J connectivity index is 1.50. The molecule has 2 aliphatic carbocycles. The topological polar surface area (TPSA) is 68.3 Å². The van der Waals surface area contributed by atoms with E-state index in [9.17, 15) is 9.59 Å². The lowest BCUT2D eigenvalue weighted by Gasteiger charge is -2.16. The van der Waals surface area contributed by atoms with Gasteiger partial charge in [-0.15, -0.1) is 0 Å². The van der Waals surface area contributed by atoms with Crippen LogP contribution in [0.5, 0.6) is 0 Å². The molecule has 0 radical (unpaired) electrons. The first-order valence-electron chi connectivity index (χ1n) is 6.99. The number of allylic oxidation sites excluding steroid dienone is 2. The summed E-state index contributed by atoms with van der Waals surface area (Å²) >= 11 is 11.6. The van der Waals surface area contributed by atoms with Crippen LogP contribution in [0.4, 0.5) is 5.82 Å². The van der Waals surface area contributed by atoms with Gasteiger partial charge in [0.15, 0.2) is 12.4 Å². The van der Waals surface area contributed by atoms with Gasteiger partial charge in [-0.25, -0.2) is 4.98 Å². The van der Waals surface area contributed by atoms with Gasteiger partial charge in [0.25, 0.3) is 5.91 Å². The molecule has 7 heteroatoms. The Hall–Kier alpha value is -1.59. The van der Waals surface area contributed by atoms with Gasteiger partial charge in [0.1, 0.15) is 0 Å². The Bertz CT molecular complexity index is 648. The van der Waals surface area contributed by atoms with Gasteiger partial charge in [0.05, 0.1) is 16.0 Å². The Morgan fingerprint density at radius 1 is 1.32 bits per heavy atom. The van der Waals surface area contributed by atoms with E-state index < -0.39 is 5.91 Å². The third-order valence-electron chi connectivity index (χ3n) is 3.99. The second kappa shape index (κ2) is 6.26. The fourth-order valence-electron chi connectivity index (χ4n) is 2.97. The lowest BCUT2D eigenvalue weighted by molar-refractivity contribution is -0.152. The van der Waals surface area contributed by atoms with E-state index in [0.717, 1.165) is 12.8 Å². The molecule has 0 aromatic carbocycles. The molecule has 3 rings (SSSR count). The number of ether oxygens (including phenoxy) is 1. The summed E-state index contributed by atoms with van der Waals surface area (Å²) in [6.45, 7) is -0.350. The van der Waals surface area contributed by atoms with Gasteiger partial charge in [-0.1, -0.05) is 35.4 Å². The minimum Gasteiger partial charge on any atom is -0.455 e. The van der Waals surface area contributed by atoms with Crippen LogP contribution in [0.15, 0.2) is 24.4 Å². The normalized spacial score (nSPS) is 25.3. The Labute approximate surface area is 137 Å². The predicted octanol–water partition coefficient (Wildman–Crippen LogP) is 3.08. The molecule has 1 amide bonds. The molecule has 3 atom stereocenters. The van der Waals surface area contributed by atoms with Gasteiger partial charge in [0.2, 0.25) is 0 Å². The largest absolute Gasteiger partial charge is 0.455 e. The van der Waals surface area contributed by atoms with Crippen molar-refractivity contribution in [3.05, 3.63) is 34.5 Å². The summed E-state index contributed by atoms with van der Waals surface area (Å²) in [6, 6.07) is 1.47. The van der Waals surface area contributed by atoms with E-state index in [4.69, 9.17) is 27.9 Å². The van der Waals surface area contributed by atoms with Gasteiger partial charge in [-0.3, -0.25) is 9.59 Å². The highest BCUT2D eigenvalue weighted by atomic mass is 35.5. The van der Waals surface area contributed by atoms with E-state index in [1.807, 2.05) is 0 Å². The van der Waals surface area contributed by atoms with E-state index in [0.29, 0.717) is 10.9 Å². The lowest BCUT2D eigenvalue weighted by atomic mass is 9.94.